The first-order chi connectivity index (χ1) is 10.9. The Balaban J connectivity index is 0.000000241. The van der Waals surface area contributed by atoms with E-state index in [-0.39, 0.29) is 12.8 Å². The number of nitrogens with one attached hydrogen (secondary N) is 1. The SMILES string of the molecule is ClCc1ccc2c(c1)CCNCC2.N[C@@H](CCC(=O)O)C(=O)O. The Bertz CT molecular complexity index is 537. The van der Waals surface area contributed by atoms with Crippen molar-refractivity contribution in [2.24, 2.45) is 5.73 Å². The second kappa shape index (κ2) is 10.2. The Morgan fingerprint density at radius 1 is 1.22 bits per heavy atom. The van der Waals surface area contributed by atoms with Crippen molar-refractivity contribution >= 4 is 23.5 Å². The Kier molecular flexibility index (Phi) is 8.61. The molecule has 2 rings (SSSR count). The lowest BCUT2D eigenvalue weighted by Crippen LogP contribution is -2.30. The maximum atomic E-state index is 9.99. The summed E-state index contributed by atoms with van der Waals surface area (Å²) in [6, 6.07) is 5.54. The molecule has 7 heteroatoms. The fourth-order valence-corrected chi connectivity index (χ4v) is 2.38. The van der Waals surface area contributed by atoms with E-state index in [9.17, 15) is 9.59 Å². The molecular formula is C16H23ClN2O4. The van der Waals surface area contributed by atoms with Crippen molar-refractivity contribution in [1.29, 1.82) is 0 Å². The van der Waals surface area contributed by atoms with E-state index in [0.717, 1.165) is 25.9 Å². The second-order valence-corrected chi connectivity index (χ2v) is 5.63. The molecule has 128 valence electrons. The lowest BCUT2D eigenvalue weighted by Gasteiger charge is -2.06. The zero-order valence-electron chi connectivity index (χ0n) is 12.9. The third kappa shape index (κ3) is 7.45. The zero-order chi connectivity index (χ0) is 17.2. The minimum atomic E-state index is -1.17. The highest BCUT2D eigenvalue weighted by molar-refractivity contribution is 6.17. The van der Waals surface area contributed by atoms with Crippen LogP contribution in [-0.4, -0.2) is 41.3 Å². The molecule has 0 aromatic heterocycles. The van der Waals surface area contributed by atoms with Crippen LogP contribution in [0.4, 0.5) is 0 Å². The predicted molar refractivity (Wildman–Crippen MR) is 88.8 cm³/mol. The summed E-state index contributed by atoms with van der Waals surface area (Å²) in [7, 11) is 0. The van der Waals surface area contributed by atoms with Crippen molar-refractivity contribution in [3.63, 3.8) is 0 Å². The van der Waals surface area contributed by atoms with E-state index in [2.05, 4.69) is 23.5 Å². The first-order valence-electron chi connectivity index (χ1n) is 7.51. The number of hydrogen-bond donors (Lipinski definition) is 4. The zero-order valence-corrected chi connectivity index (χ0v) is 13.7. The molecular weight excluding hydrogens is 320 g/mol. The minimum absolute atomic E-state index is 0.0231. The van der Waals surface area contributed by atoms with Crippen LogP contribution in [0.2, 0.25) is 0 Å². The molecule has 5 N–H and O–H groups in total. The summed E-state index contributed by atoms with van der Waals surface area (Å²) in [6.45, 7) is 2.20. The highest BCUT2D eigenvalue weighted by atomic mass is 35.5. The number of alkyl halides is 1. The molecule has 0 radical (unpaired) electrons. The van der Waals surface area contributed by atoms with Crippen molar-refractivity contribution in [3.05, 3.63) is 34.9 Å². The van der Waals surface area contributed by atoms with E-state index >= 15 is 0 Å². The number of nitrogens with two attached hydrogens (primary N) is 1. The number of fused-ring (bicyclic) bond motifs is 1. The van der Waals surface area contributed by atoms with Crippen LogP contribution in [-0.2, 0) is 28.3 Å². The van der Waals surface area contributed by atoms with E-state index in [4.69, 9.17) is 27.5 Å². The summed E-state index contributed by atoms with van der Waals surface area (Å²) in [5, 5.41) is 19.7. The van der Waals surface area contributed by atoms with Crippen LogP contribution in [0, 0.1) is 0 Å². The van der Waals surface area contributed by atoms with Gasteiger partial charge in [0.1, 0.15) is 6.04 Å². The molecule has 0 spiro atoms. The molecule has 0 saturated carbocycles. The normalized spacial score (nSPS) is 14.7. The molecule has 0 unspecified atom stereocenters. The largest absolute Gasteiger partial charge is 0.481 e. The van der Waals surface area contributed by atoms with Crippen molar-refractivity contribution < 1.29 is 19.8 Å². The molecule has 6 nitrogen and oxygen atoms in total. The smallest absolute Gasteiger partial charge is 0.320 e. The topological polar surface area (TPSA) is 113 Å². The molecule has 0 bridgehead atoms. The molecule has 1 atom stereocenters. The van der Waals surface area contributed by atoms with Crippen molar-refractivity contribution in [2.75, 3.05) is 13.1 Å². The first kappa shape index (κ1) is 19.4. The maximum absolute atomic E-state index is 9.99. The van der Waals surface area contributed by atoms with Crippen LogP contribution < -0.4 is 11.1 Å². The molecule has 0 saturated heterocycles. The van der Waals surface area contributed by atoms with Gasteiger partial charge >= 0.3 is 11.9 Å². The van der Waals surface area contributed by atoms with Crippen LogP contribution >= 0.6 is 11.6 Å². The van der Waals surface area contributed by atoms with Gasteiger partial charge in [-0.1, -0.05) is 18.2 Å². The average Bonchev–Trinajstić information content (AvgIpc) is 2.77. The average molecular weight is 343 g/mol. The van der Waals surface area contributed by atoms with E-state index in [0.29, 0.717) is 5.88 Å². The van der Waals surface area contributed by atoms with Gasteiger partial charge in [-0.25, -0.2) is 0 Å². The van der Waals surface area contributed by atoms with E-state index in [1.165, 1.54) is 16.7 Å². The van der Waals surface area contributed by atoms with Crippen molar-refractivity contribution in [1.82, 2.24) is 5.32 Å². The number of hydrogen-bond acceptors (Lipinski definition) is 4. The molecule has 1 aliphatic rings. The number of aliphatic carboxylic acids is 2. The van der Waals surface area contributed by atoms with Gasteiger partial charge in [0, 0.05) is 12.3 Å². The van der Waals surface area contributed by atoms with E-state index in [1.807, 2.05) is 0 Å². The van der Waals surface area contributed by atoms with Gasteiger partial charge in [0.25, 0.3) is 0 Å². The molecule has 0 aliphatic carbocycles. The first-order valence-corrected chi connectivity index (χ1v) is 8.05. The van der Waals surface area contributed by atoms with Gasteiger partial charge in [0.2, 0.25) is 0 Å². The number of halogens is 1. The fraction of sp³-hybridized carbons (Fsp3) is 0.500. The highest BCUT2D eigenvalue weighted by Crippen LogP contribution is 2.16. The Hall–Kier alpha value is -1.63. The third-order valence-electron chi connectivity index (χ3n) is 3.55. The van der Waals surface area contributed by atoms with Gasteiger partial charge in [-0.2, -0.15) is 0 Å². The number of benzene rings is 1. The standard InChI is InChI=1S/C11H14ClN.C5H9NO4/c12-8-9-1-2-10-3-5-13-6-4-11(10)7-9;6-3(5(9)10)1-2-4(7)8/h1-2,7,13H,3-6,8H2;3H,1-2,6H2,(H,7,8)(H,9,10)/t;3-/m.0/s1. The molecule has 1 aliphatic heterocycles. The summed E-state index contributed by atoms with van der Waals surface area (Å²) >= 11 is 5.79. The van der Waals surface area contributed by atoms with Crippen LogP contribution in [0.15, 0.2) is 18.2 Å². The summed E-state index contributed by atoms with van der Waals surface area (Å²) in [6.07, 6.45) is 2.07. The van der Waals surface area contributed by atoms with Gasteiger partial charge in [0.05, 0.1) is 0 Å². The third-order valence-corrected chi connectivity index (χ3v) is 3.86. The number of carboxylic acid groups (broad SMARTS) is 2. The van der Waals surface area contributed by atoms with Gasteiger partial charge < -0.3 is 21.3 Å². The molecule has 0 fully saturated rings. The van der Waals surface area contributed by atoms with E-state index < -0.39 is 18.0 Å². The summed E-state index contributed by atoms with van der Waals surface area (Å²) in [5.74, 6) is -1.57. The Morgan fingerprint density at radius 2 is 1.87 bits per heavy atom. The number of rotatable bonds is 5. The van der Waals surface area contributed by atoms with Crippen LogP contribution in [0.5, 0.6) is 0 Å². The lowest BCUT2D eigenvalue weighted by atomic mass is 10.0. The summed E-state index contributed by atoms with van der Waals surface area (Å²) < 4.78 is 0. The summed E-state index contributed by atoms with van der Waals surface area (Å²) in [4.78, 5) is 19.9. The van der Waals surface area contributed by atoms with Gasteiger partial charge in [-0.3, -0.25) is 9.59 Å². The quantitative estimate of drug-likeness (QED) is 0.601. The van der Waals surface area contributed by atoms with Gasteiger partial charge in [-0.05, 0) is 49.0 Å². The molecule has 1 heterocycles. The highest BCUT2D eigenvalue weighted by Gasteiger charge is 2.12. The van der Waals surface area contributed by atoms with Crippen molar-refractivity contribution in [2.45, 2.75) is 37.6 Å². The minimum Gasteiger partial charge on any atom is -0.481 e. The van der Waals surface area contributed by atoms with E-state index in [1.54, 1.807) is 0 Å². The van der Waals surface area contributed by atoms with Crippen LogP contribution in [0.1, 0.15) is 29.5 Å². The molecule has 1 aromatic rings. The maximum Gasteiger partial charge on any atom is 0.320 e. The van der Waals surface area contributed by atoms with Crippen LogP contribution in [0.25, 0.3) is 0 Å². The van der Waals surface area contributed by atoms with Gasteiger partial charge in [-0.15, -0.1) is 11.6 Å². The molecule has 0 amide bonds. The molecule has 23 heavy (non-hydrogen) atoms. The summed E-state index contributed by atoms with van der Waals surface area (Å²) in [5.41, 5.74) is 9.20. The second-order valence-electron chi connectivity index (χ2n) is 5.36. The van der Waals surface area contributed by atoms with Gasteiger partial charge in [0.15, 0.2) is 0 Å². The molecule has 1 aromatic carbocycles. The monoisotopic (exact) mass is 342 g/mol. The number of carboxylic acids is 2. The Labute approximate surface area is 140 Å². The van der Waals surface area contributed by atoms with Crippen molar-refractivity contribution in [3.8, 4) is 0 Å². The fourth-order valence-electron chi connectivity index (χ4n) is 2.21. The lowest BCUT2D eigenvalue weighted by molar-refractivity contribution is -0.139. The van der Waals surface area contributed by atoms with Crippen LogP contribution in [0.3, 0.4) is 0 Å². The number of carbonyl (C=O) groups is 2. The Morgan fingerprint density at radius 3 is 2.43 bits per heavy atom. The predicted octanol–water partition coefficient (Wildman–Crippen LogP) is 1.38.